The Bertz CT molecular complexity index is 937. The Labute approximate surface area is 119 Å². The Kier molecular flexibility index (Phi) is 2.83. The summed E-state index contributed by atoms with van der Waals surface area (Å²) in [5.74, 6) is -0.744. The van der Waals surface area contributed by atoms with Crippen LogP contribution in [-0.4, -0.2) is 15.3 Å². The molecule has 1 heterocycles. The molecule has 3 rings (SSSR count). The highest BCUT2D eigenvalue weighted by Gasteiger charge is 2.19. The van der Waals surface area contributed by atoms with Gasteiger partial charge in [-0.2, -0.15) is 0 Å². The van der Waals surface area contributed by atoms with Crippen molar-refractivity contribution >= 4 is 21.9 Å². The lowest BCUT2D eigenvalue weighted by Crippen LogP contribution is -2.04. The van der Waals surface area contributed by atoms with E-state index in [2.05, 4.69) is 6.58 Å². The Morgan fingerprint density at radius 1 is 1.10 bits per heavy atom. The molecule has 0 saturated carbocycles. The van der Waals surface area contributed by atoms with Crippen molar-refractivity contribution < 1.29 is 19.7 Å². The van der Waals surface area contributed by atoms with Gasteiger partial charge in [-0.3, -0.25) is 4.79 Å². The number of benzene rings is 2. The van der Waals surface area contributed by atoms with E-state index in [-0.39, 0.29) is 45.6 Å². The lowest BCUT2D eigenvalue weighted by molar-refractivity contribution is 0.446. The molecule has 21 heavy (non-hydrogen) atoms. The summed E-state index contributed by atoms with van der Waals surface area (Å²) in [5, 5.41) is 29.8. The van der Waals surface area contributed by atoms with Crippen LogP contribution < -0.4 is 5.43 Å². The summed E-state index contributed by atoms with van der Waals surface area (Å²) >= 11 is 0. The molecule has 0 spiro atoms. The second kappa shape index (κ2) is 4.56. The van der Waals surface area contributed by atoms with Gasteiger partial charge in [0.15, 0.2) is 11.3 Å². The van der Waals surface area contributed by atoms with Crippen LogP contribution in [0.1, 0.15) is 5.56 Å². The van der Waals surface area contributed by atoms with Crippen molar-refractivity contribution in [3.05, 3.63) is 52.7 Å². The van der Waals surface area contributed by atoms with E-state index in [0.717, 1.165) is 6.07 Å². The summed E-state index contributed by atoms with van der Waals surface area (Å²) in [7, 11) is 0. The van der Waals surface area contributed by atoms with Gasteiger partial charge in [0, 0.05) is 11.6 Å². The third-order valence-electron chi connectivity index (χ3n) is 3.36. The van der Waals surface area contributed by atoms with Crippen LogP contribution >= 0.6 is 0 Å². The third-order valence-corrected chi connectivity index (χ3v) is 3.36. The maximum absolute atomic E-state index is 12.5. The molecule has 0 radical (unpaired) electrons. The van der Waals surface area contributed by atoms with E-state index in [1.165, 1.54) is 18.2 Å². The molecular weight excluding hydrogens is 272 g/mol. The summed E-state index contributed by atoms with van der Waals surface area (Å²) in [6.45, 7) is 3.59. The van der Waals surface area contributed by atoms with Gasteiger partial charge in [-0.05, 0) is 18.6 Å². The minimum absolute atomic E-state index is 0.0188. The molecule has 0 aliphatic rings. The zero-order valence-corrected chi connectivity index (χ0v) is 11.0. The normalized spacial score (nSPS) is 11.0. The van der Waals surface area contributed by atoms with Crippen LogP contribution in [0.25, 0.3) is 21.9 Å². The van der Waals surface area contributed by atoms with Crippen LogP contribution in [0.5, 0.6) is 17.2 Å². The largest absolute Gasteiger partial charge is 0.507 e. The van der Waals surface area contributed by atoms with Crippen LogP contribution in [-0.2, 0) is 6.42 Å². The topological polar surface area (TPSA) is 90.9 Å². The highest BCUT2D eigenvalue weighted by molar-refractivity contribution is 5.97. The van der Waals surface area contributed by atoms with E-state index in [1.807, 2.05) is 0 Å². The van der Waals surface area contributed by atoms with Crippen molar-refractivity contribution in [2.24, 2.45) is 0 Å². The first-order valence-corrected chi connectivity index (χ1v) is 6.27. The van der Waals surface area contributed by atoms with E-state index in [1.54, 1.807) is 6.08 Å². The summed E-state index contributed by atoms with van der Waals surface area (Å²) in [6.07, 6.45) is 1.80. The van der Waals surface area contributed by atoms with Crippen LogP contribution in [0.15, 0.2) is 46.1 Å². The van der Waals surface area contributed by atoms with Crippen molar-refractivity contribution in [1.82, 2.24) is 0 Å². The number of phenolic OH excluding ortho intramolecular Hbond substituents is 3. The summed E-state index contributed by atoms with van der Waals surface area (Å²) in [4.78, 5) is 12.5. The Morgan fingerprint density at radius 3 is 2.57 bits per heavy atom. The average Bonchev–Trinajstić information content (AvgIpc) is 2.44. The first-order chi connectivity index (χ1) is 10.0. The number of phenols is 3. The number of para-hydroxylation sites is 1. The lowest BCUT2D eigenvalue weighted by Gasteiger charge is -2.09. The monoisotopic (exact) mass is 284 g/mol. The van der Waals surface area contributed by atoms with E-state index in [0.29, 0.717) is 5.56 Å². The summed E-state index contributed by atoms with van der Waals surface area (Å²) < 4.78 is 5.59. The first kappa shape index (κ1) is 13.1. The van der Waals surface area contributed by atoms with Gasteiger partial charge in [-0.25, -0.2) is 0 Å². The van der Waals surface area contributed by atoms with Crippen LogP contribution in [0.4, 0.5) is 0 Å². The molecule has 0 bridgehead atoms. The van der Waals surface area contributed by atoms with Gasteiger partial charge in [0.1, 0.15) is 22.5 Å². The second-order valence-electron chi connectivity index (χ2n) is 4.68. The standard InChI is InChI=1S/C16H12O5/c1-2-4-8-11(18)7-12(19)13-14(20)9-5-3-6-10(17)15(9)21-16(8)13/h2-3,5-7,17-19H,1,4H2. The molecule has 0 amide bonds. The van der Waals surface area contributed by atoms with E-state index < -0.39 is 5.43 Å². The predicted molar refractivity (Wildman–Crippen MR) is 78.9 cm³/mol. The smallest absolute Gasteiger partial charge is 0.204 e. The number of aromatic hydroxyl groups is 3. The molecule has 0 unspecified atom stereocenters. The SMILES string of the molecule is C=CCc1c(O)cc(O)c2c(=O)c3cccc(O)c3oc12. The predicted octanol–water partition coefficient (Wildman–Crippen LogP) is 2.79. The minimum Gasteiger partial charge on any atom is -0.507 e. The molecule has 0 aliphatic carbocycles. The van der Waals surface area contributed by atoms with E-state index in [9.17, 15) is 20.1 Å². The molecule has 3 aromatic rings. The molecule has 1 aromatic heterocycles. The lowest BCUT2D eigenvalue weighted by atomic mass is 10.0. The van der Waals surface area contributed by atoms with Crippen LogP contribution in [0.3, 0.4) is 0 Å². The number of hydrogen-bond acceptors (Lipinski definition) is 5. The molecule has 0 aliphatic heterocycles. The Hall–Kier alpha value is -2.95. The average molecular weight is 284 g/mol. The fourth-order valence-electron chi connectivity index (χ4n) is 2.39. The minimum atomic E-state index is -0.468. The van der Waals surface area contributed by atoms with Crippen molar-refractivity contribution in [1.29, 1.82) is 0 Å². The third kappa shape index (κ3) is 1.82. The molecular formula is C16H12O5. The number of rotatable bonds is 2. The molecule has 5 heteroatoms. The Morgan fingerprint density at radius 2 is 1.86 bits per heavy atom. The van der Waals surface area contributed by atoms with Crippen molar-refractivity contribution in [3.8, 4) is 17.2 Å². The number of fused-ring (bicyclic) bond motifs is 2. The number of hydrogen-bond donors (Lipinski definition) is 3. The Balaban J connectivity index is 2.62. The fraction of sp³-hybridized carbons (Fsp3) is 0.0625. The molecule has 0 atom stereocenters. The second-order valence-corrected chi connectivity index (χ2v) is 4.68. The summed E-state index contributed by atoms with van der Waals surface area (Å²) in [6, 6.07) is 5.52. The zero-order valence-electron chi connectivity index (χ0n) is 11.0. The van der Waals surface area contributed by atoms with Gasteiger partial charge in [-0.1, -0.05) is 12.1 Å². The van der Waals surface area contributed by atoms with Gasteiger partial charge in [0.05, 0.1) is 5.39 Å². The van der Waals surface area contributed by atoms with Gasteiger partial charge < -0.3 is 19.7 Å². The van der Waals surface area contributed by atoms with Crippen molar-refractivity contribution in [2.75, 3.05) is 0 Å². The van der Waals surface area contributed by atoms with Crippen molar-refractivity contribution in [3.63, 3.8) is 0 Å². The summed E-state index contributed by atoms with van der Waals surface area (Å²) in [5.41, 5.74) is -0.0678. The molecule has 5 nitrogen and oxygen atoms in total. The molecule has 0 fully saturated rings. The molecule has 3 N–H and O–H groups in total. The molecule has 0 saturated heterocycles. The maximum Gasteiger partial charge on any atom is 0.204 e. The van der Waals surface area contributed by atoms with Gasteiger partial charge in [0.25, 0.3) is 0 Å². The van der Waals surface area contributed by atoms with Crippen molar-refractivity contribution in [2.45, 2.75) is 6.42 Å². The van der Waals surface area contributed by atoms with Gasteiger partial charge in [0.2, 0.25) is 5.43 Å². The quantitative estimate of drug-likeness (QED) is 0.497. The molecule has 2 aromatic carbocycles. The fourth-order valence-corrected chi connectivity index (χ4v) is 2.39. The first-order valence-electron chi connectivity index (χ1n) is 6.27. The highest BCUT2D eigenvalue weighted by atomic mass is 16.4. The van der Waals surface area contributed by atoms with E-state index in [4.69, 9.17) is 4.42 Å². The highest BCUT2D eigenvalue weighted by Crippen LogP contribution is 2.36. The van der Waals surface area contributed by atoms with Crippen LogP contribution in [0, 0.1) is 0 Å². The maximum atomic E-state index is 12.5. The van der Waals surface area contributed by atoms with Gasteiger partial charge in [-0.15, -0.1) is 6.58 Å². The van der Waals surface area contributed by atoms with Gasteiger partial charge >= 0.3 is 0 Å². The molecule has 106 valence electrons. The zero-order chi connectivity index (χ0) is 15.1. The number of allylic oxidation sites excluding steroid dienone is 1. The van der Waals surface area contributed by atoms with Crippen LogP contribution in [0.2, 0.25) is 0 Å². The van der Waals surface area contributed by atoms with E-state index >= 15 is 0 Å².